The van der Waals surface area contributed by atoms with Gasteiger partial charge in [-0.25, -0.2) is 4.99 Å². The topological polar surface area (TPSA) is 30.4 Å². The van der Waals surface area contributed by atoms with E-state index in [-0.39, 0.29) is 0 Å². The fourth-order valence-corrected chi connectivity index (χ4v) is 1.29. The van der Waals surface area contributed by atoms with Crippen molar-refractivity contribution in [1.82, 2.24) is 4.57 Å². The van der Waals surface area contributed by atoms with Gasteiger partial charge in [0.25, 0.3) is 5.68 Å². The van der Waals surface area contributed by atoms with Crippen molar-refractivity contribution in [2.24, 2.45) is 12.0 Å². The van der Waals surface area contributed by atoms with Gasteiger partial charge < -0.3 is 4.42 Å². The van der Waals surface area contributed by atoms with Crippen molar-refractivity contribution in [3.05, 3.63) is 29.9 Å². The van der Waals surface area contributed by atoms with E-state index in [0.717, 1.165) is 11.1 Å². The predicted octanol–water partition coefficient (Wildman–Crippen LogP) is 1.30. The molecular weight excluding hydrogens is 152 g/mol. The molecule has 3 heteroatoms. The lowest BCUT2D eigenvalue weighted by Crippen LogP contribution is -2.10. The predicted molar refractivity (Wildman–Crippen MR) is 46.7 cm³/mol. The van der Waals surface area contributed by atoms with Crippen LogP contribution < -0.4 is 5.68 Å². The number of rotatable bonds is 0. The molecule has 62 valence electrons. The lowest BCUT2D eigenvalue weighted by atomic mass is 10.3. The smallest absolute Gasteiger partial charge is 0.297 e. The summed E-state index contributed by atoms with van der Waals surface area (Å²) < 4.78 is 7.37. The van der Waals surface area contributed by atoms with Crippen molar-refractivity contribution in [3.8, 4) is 0 Å². The van der Waals surface area contributed by atoms with Gasteiger partial charge in [0.2, 0.25) is 0 Å². The molecule has 1 aromatic heterocycles. The highest BCUT2D eigenvalue weighted by molar-refractivity contribution is 5.72. The monoisotopic (exact) mass is 162 g/mol. The highest BCUT2D eigenvalue weighted by atomic mass is 16.3. The minimum Gasteiger partial charge on any atom is -0.424 e. The molecule has 0 atom stereocenters. The van der Waals surface area contributed by atoms with Crippen LogP contribution in [0.1, 0.15) is 0 Å². The van der Waals surface area contributed by atoms with Crippen LogP contribution in [-0.2, 0) is 7.05 Å². The molecule has 1 aromatic carbocycles. The molecule has 0 N–H and O–H groups in total. The summed E-state index contributed by atoms with van der Waals surface area (Å²) in [4.78, 5) is 4.00. The van der Waals surface area contributed by atoms with E-state index in [1.54, 1.807) is 7.05 Å². The maximum atomic E-state index is 5.44. The fraction of sp³-hybridized carbons (Fsp3) is 0.222. The molecule has 0 bridgehead atoms. The summed E-state index contributed by atoms with van der Waals surface area (Å²) in [7, 11) is 3.66. The molecule has 2 aromatic rings. The van der Waals surface area contributed by atoms with E-state index in [0.29, 0.717) is 5.68 Å². The minimum atomic E-state index is 0.649. The molecule has 0 fully saturated rings. The Balaban J connectivity index is 2.98. The molecule has 0 unspecified atom stereocenters. The summed E-state index contributed by atoms with van der Waals surface area (Å²) in [5.41, 5.74) is 2.59. The number of aryl methyl sites for hydroxylation is 1. The second-order valence-corrected chi connectivity index (χ2v) is 2.63. The summed E-state index contributed by atoms with van der Waals surface area (Å²) in [6.45, 7) is 0. The maximum absolute atomic E-state index is 5.44. The van der Waals surface area contributed by atoms with Gasteiger partial charge in [0.15, 0.2) is 5.58 Å². The molecule has 1 heterocycles. The van der Waals surface area contributed by atoms with Gasteiger partial charge in [0.1, 0.15) is 0 Å². The van der Waals surface area contributed by atoms with Gasteiger partial charge in [-0.05, 0) is 12.1 Å². The van der Waals surface area contributed by atoms with Gasteiger partial charge >= 0.3 is 0 Å². The van der Waals surface area contributed by atoms with Crippen molar-refractivity contribution in [2.75, 3.05) is 7.05 Å². The zero-order valence-corrected chi connectivity index (χ0v) is 7.11. The number of hydrogen-bond acceptors (Lipinski definition) is 2. The number of oxazole rings is 1. The highest BCUT2D eigenvalue weighted by Crippen LogP contribution is 2.09. The molecule has 0 aliphatic carbocycles. The molecule has 0 aliphatic rings. The summed E-state index contributed by atoms with van der Waals surface area (Å²) in [6, 6.07) is 7.88. The molecule has 0 amide bonds. The second-order valence-electron chi connectivity index (χ2n) is 2.63. The Labute approximate surface area is 70.0 Å². The van der Waals surface area contributed by atoms with Gasteiger partial charge in [-0.1, -0.05) is 12.1 Å². The quantitative estimate of drug-likeness (QED) is 0.574. The third-order valence-corrected chi connectivity index (χ3v) is 1.91. The van der Waals surface area contributed by atoms with Gasteiger partial charge in [-0.2, -0.15) is 0 Å². The van der Waals surface area contributed by atoms with Crippen molar-refractivity contribution in [2.45, 2.75) is 0 Å². The lowest BCUT2D eigenvalue weighted by Gasteiger charge is -1.88. The van der Waals surface area contributed by atoms with E-state index in [9.17, 15) is 0 Å². The summed E-state index contributed by atoms with van der Waals surface area (Å²) in [5.74, 6) is 0. The Morgan fingerprint density at radius 2 is 2.08 bits per heavy atom. The van der Waals surface area contributed by atoms with Crippen molar-refractivity contribution >= 4 is 11.1 Å². The Hall–Kier alpha value is -1.51. The summed E-state index contributed by atoms with van der Waals surface area (Å²) in [6.07, 6.45) is 0. The number of fused-ring (bicyclic) bond motifs is 1. The zero-order chi connectivity index (χ0) is 8.55. The molecule has 0 saturated carbocycles. The van der Waals surface area contributed by atoms with Crippen LogP contribution in [0.4, 0.5) is 0 Å². The first-order chi connectivity index (χ1) is 5.83. The van der Waals surface area contributed by atoms with E-state index in [2.05, 4.69) is 4.99 Å². The van der Waals surface area contributed by atoms with Crippen LogP contribution in [0.5, 0.6) is 0 Å². The number of aromatic nitrogens is 1. The first kappa shape index (κ1) is 7.16. The van der Waals surface area contributed by atoms with Crippen molar-refractivity contribution in [1.29, 1.82) is 0 Å². The minimum absolute atomic E-state index is 0.649. The van der Waals surface area contributed by atoms with Crippen LogP contribution in [0.15, 0.2) is 33.7 Å². The van der Waals surface area contributed by atoms with E-state index >= 15 is 0 Å². The van der Waals surface area contributed by atoms with Gasteiger partial charge in [-0.3, -0.25) is 4.57 Å². The number of hydrogen-bond donors (Lipinski definition) is 0. The van der Waals surface area contributed by atoms with Gasteiger partial charge in [-0.15, -0.1) is 0 Å². The van der Waals surface area contributed by atoms with Crippen molar-refractivity contribution < 1.29 is 4.42 Å². The maximum Gasteiger partial charge on any atom is 0.297 e. The third-order valence-electron chi connectivity index (χ3n) is 1.91. The SMILES string of the molecule is CN=c1oc2ccccc2n1C. The Morgan fingerprint density at radius 3 is 2.75 bits per heavy atom. The van der Waals surface area contributed by atoms with Crippen LogP contribution in [-0.4, -0.2) is 11.6 Å². The average Bonchev–Trinajstić information content (AvgIpc) is 2.44. The molecular formula is C9H10N2O. The van der Waals surface area contributed by atoms with E-state index in [4.69, 9.17) is 4.42 Å². The third kappa shape index (κ3) is 0.863. The molecule has 0 saturated heterocycles. The molecule has 0 aliphatic heterocycles. The first-order valence-electron chi connectivity index (χ1n) is 3.80. The summed E-state index contributed by atoms with van der Waals surface area (Å²) in [5, 5.41) is 0. The van der Waals surface area contributed by atoms with Crippen LogP contribution in [0.3, 0.4) is 0 Å². The van der Waals surface area contributed by atoms with E-state index < -0.39 is 0 Å². The molecule has 3 nitrogen and oxygen atoms in total. The molecule has 2 rings (SSSR count). The number of para-hydroxylation sites is 2. The fourth-order valence-electron chi connectivity index (χ4n) is 1.29. The van der Waals surface area contributed by atoms with Crippen LogP contribution >= 0.6 is 0 Å². The second kappa shape index (κ2) is 2.52. The Kier molecular flexibility index (Phi) is 1.50. The van der Waals surface area contributed by atoms with Crippen LogP contribution in [0.2, 0.25) is 0 Å². The summed E-state index contributed by atoms with van der Waals surface area (Å²) >= 11 is 0. The standard InChI is InChI=1S/C9H10N2O/c1-10-9-11(2)7-5-3-4-6-8(7)12-9/h3-6H,1-2H3. The number of benzene rings is 1. The van der Waals surface area contributed by atoms with Crippen molar-refractivity contribution in [3.63, 3.8) is 0 Å². The van der Waals surface area contributed by atoms with Gasteiger partial charge in [0, 0.05) is 14.1 Å². The van der Waals surface area contributed by atoms with E-state index in [1.165, 1.54) is 0 Å². The van der Waals surface area contributed by atoms with E-state index in [1.807, 2.05) is 35.9 Å². The highest BCUT2D eigenvalue weighted by Gasteiger charge is 2.00. The normalized spacial score (nSPS) is 12.7. The molecule has 0 spiro atoms. The van der Waals surface area contributed by atoms with Gasteiger partial charge in [0.05, 0.1) is 5.52 Å². The average molecular weight is 162 g/mol. The Bertz CT molecular complexity index is 465. The zero-order valence-electron chi connectivity index (χ0n) is 7.11. The Morgan fingerprint density at radius 1 is 1.33 bits per heavy atom. The number of nitrogens with zero attached hydrogens (tertiary/aromatic N) is 2. The molecule has 0 radical (unpaired) electrons. The molecule has 12 heavy (non-hydrogen) atoms. The van der Waals surface area contributed by atoms with Crippen LogP contribution in [0.25, 0.3) is 11.1 Å². The van der Waals surface area contributed by atoms with Crippen LogP contribution in [0, 0.1) is 0 Å². The lowest BCUT2D eigenvalue weighted by molar-refractivity contribution is 0.505. The first-order valence-corrected chi connectivity index (χ1v) is 3.80. The largest absolute Gasteiger partial charge is 0.424 e.